The van der Waals surface area contributed by atoms with Gasteiger partial charge in [0, 0.05) is 4.47 Å². The van der Waals surface area contributed by atoms with Crippen LogP contribution in [-0.2, 0) is 4.79 Å². The molecule has 0 aliphatic carbocycles. The van der Waals surface area contributed by atoms with E-state index in [1.165, 1.54) is 32.2 Å². The molecule has 0 bridgehead atoms. The number of benzene rings is 2. The van der Waals surface area contributed by atoms with Crippen LogP contribution < -0.4 is 14.8 Å². The highest BCUT2D eigenvalue weighted by molar-refractivity contribution is 9.10. The Kier molecular flexibility index (Phi) is 5.97. The van der Waals surface area contributed by atoms with Gasteiger partial charge in [0.25, 0.3) is 5.91 Å². The minimum Gasteiger partial charge on any atom is -0.496 e. The van der Waals surface area contributed by atoms with Gasteiger partial charge in [-0.3, -0.25) is 14.9 Å². The van der Waals surface area contributed by atoms with Crippen molar-refractivity contribution in [2.45, 2.75) is 20.0 Å². The topological polar surface area (TPSA) is 90.7 Å². The molecule has 0 spiro atoms. The quantitative estimate of drug-likeness (QED) is 0.574. The van der Waals surface area contributed by atoms with Gasteiger partial charge < -0.3 is 14.8 Å². The number of carbonyl (C=O) groups is 1. The van der Waals surface area contributed by atoms with Gasteiger partial charge in [0.1, 0.15) is 5.75 Å². The fraction of sp³-hybridized carbons (Fsp3) is 0.235. The Labute approximate surface area is 153 Å². The molecule has 0 fully saturated rings. The maximum absolute atomic E-state index is 12.3. The van der Waals surface area contributed by atoms with E-state index >= 15 is 0 Å². The standard InChI is InChI=1S/C17H17BrN2O5/c1-10-4-6-14(13(18)8-10)19-17(21)11(2)25-16-7-5-12(24-3)9-15(16)20(22)23/h4-9,11H,1-3H3,(H,19,21)/t11-/m1/s1. The molecule has 132 valence electrons. The van der Waals surface area contributed by atoms with Crippen LogP contribution in [0.15, 0.2) is 40.9 Å². The van der Waals surface area contributed by atoms with Crippen molar-refractivity contribution in [1.82, 2.24) is 0 Å². The number of nitrogens with one attached hydrogen (secondary N) is 1. The van der Waals surface area contributed by atoms with Gasteiger partial charge >= 0.3 is 5.69 Å². The number of nitro groups is 1. The Bertz CT molecular complexity index is 810. The van der Waals surface area contributed by atoms with Crippen LogP contribution in [0.5, 0.6) is 11.5 Å². The first-order valence-corrected chi connectivity index (χ1v) is 8.17. The van der Waals surface area contributed by atoms with Crippen molar-refractivity contribution in [3.63, 3.8) is 0 Å². The van der Waals surface area contributed by atoms with E-state index in [0.717, 1.165) is 10.0 Å². The van der Waals surface area contributed by atoms with Gasteiger partial charge in [-0.05, 0) is 59.6 Å². The van der Waals surface area contributed by atoms with E-state index in [-0.39, 0.29) is 11.4 Å². The Hall–Kier alpha value is -2.61. The molecule has 2 aromatic carbocycles. The molecule has 1 atom stereocenters. The van der Waals surface area contributed by atoms with E-state index in [0.29, 0.717) is 11.4 Å². The number of methoxy groups -OCH3 is 1. The van der Waals surface area contributed by atoms with Crippen LogP contribution in [0.3, 0.4) is 0 Å². The maximum Gasteiger partial charge on any atom is 0.314 e. The lowest BCUT2D eigenvalue weighted by Crippen LogP contribution is -2.30. The molecule has 25 heavy (non-hydrogen) atoms. The lowest BCUT2D eigenvalue weighted by Gasteiger charge is -2.16. The highest BCUT2D eigenvalue weighted by atomic mass is 79.9. The molecule has 0 aliphatic heterocycles. The monoisotopic (exact) mass is 408 g/mol. The molecule has 2 aromatic rings. The van der Waals surface area contributed by atoms with Crippen molar-refractivity contribution in [1.29, 1.82) is 0 Å². The number of ether oxygens (including phenoxy) is 2. The molecule has 1 N–H and O–H groups in total. The zero-order valence-electron chi connectivity index (χ0n) is 13.9. The SMILES string of the molecule is COc1ccc(O[C@H](C)C(=O)Nc2ccc(C)cc2Br)c([N+](=O)[O-])c1. The molecule has 0 saturated heterocycles. The zero-order chi connectivity index (χ0) is 18.6. The van der Waals surface area contributed by atoms with Crippen molar-refractivity contribution < 1.29 is 19.2 Å². The van der Waals surface area contributed by atoms with Crippen LogP contribution in [0.25, 0.3) is 0 Å². The van der Waals surface area contributed by atoms with Crippen molar-refractivity contribution in [2.75, 3.05) is 12.4 Å². The highest BCUT2D eigenvalue weighted by Gasteiger charge is 2.22. The summed E-state index contributed by atoms with van der Waals surface area (Å²) in [7, 11) is 1.41. The number of carbonyl (C=O) groups excluding carboxylic acids is 1. The van der Waals surface area contributed by atoms with Gasteiger partial charge in [-0.15, -0.1) is 0 Å². The normalized spacial score (nSPS) is 11.5. The van der Waals surface area contributed by atoms with Crippen molar-refractivity contribution >= 4 is 33.2 Å². The lowest BCUT2D eigenvalue weighted by molar-refractivity contribution is -0.386. The lowest BCUT2D eigenvalue weighted by atomic mass is 10.2. The third-order valence-electron chi connectivity index (χ3n) is 3.42. The minimum absolute atomic E-state index is 0.00331. The number of anilines is 1. The Balaban J connectivity index is 2.14. The second-order valence-electron chi connectivity index (χ2n) is 5.32. The number of amides is 1. The fourth-order valence-electron chi connectivity index (χ4n) is 2.07. The second-order valence-corrected chi connectivity index (χ2v) is 6.18. The van der Waals surface area contributed by atoms with Crippen LogP contribution in [0.1, 0.15) is 12.5 Å². The first kappa shape index (κ1) is 18.7. The molecule has 0 unspecified atom stereocenters. The first-order chi connectivity index (χ1) is 11.8. The Morgan fingerprint density at radius 1 is 1.28 bits per heavy atom. The van der Waals surface area contributed by atoms with Crippen molar-refractivity contribution in [3.8, 4) is 11.5 Å². The van der Waals surface area contributed by atoms with E-state index in [4.69, 9.17) is 9.47 Å². The van der Waals surface area contributed by atoms with Gasteiger partial charge in [-0.1, -0.05) is 6.07 Å². The summed E-state index contributed by atoms with van der Waals surface area (Å²) >= 11 is 3.38. The number of halogens is 1. The summed E-state index contributed by atoms with van der Waals surface area (Å²) in [6.07, 6.45) is -0.930. The highest BCUT2D eigenvalue weighted by Crippen LogP contribution is 2.32. The summed E-state index contributed by atoms with van der Waals surface area (Å²) < 4.78 is 11.2. The van der Waals surface area contributed by atoms with Gasteiger partial charge in [0.15, 0.2) is 11.9 Å². The average Bonchev–Trinajstić information content (AvgIpc) is 2.57. The number of aryl methyl sites for hydroxylation is 1. The molecule has 1 amide bonds. The summed E-state index contributed by atoms with van der Waals surface area (Å²) in [4.78, 5) is 22.9. The van der Waals surface area contributed by atoms with Crippen LogP contribution in [0, 0.1) is 17.0 Å². The van der Waals surface area contributed by atoms with Crippen LogP contribution in [0.2, 0.25) is 0 Å². The maximum atomic E-state index is 12.3. The van der Waals surface area contributed by atoms with Crippen molar-refractivity contribution in [3.05, 3.63) is 56.5 Å². The van der Waals surface area contributed by atoms with Gasteiger partial charge in [-0.25, -0.2) is 0 Å². The predicted molar refractivity (Wildman–Crippen MR) is 97.2 cm³/mol. The smallest absolute Gasteiger partial charge is 0.314 e. The molecule has 8 heteroatoms. The van der Waals surface area contributed by atoms with E-state index in [9.17, 15) is 14.9 Å². The number of rotatable bonds is 6. The number of hydrogen-bond donors (Lipinski definition) is 1. The molecular formula is C17H17BrN2O5. The van der Waals surface area contributed by atoms with Gasteiger partial charge in [-0.2, -0.15) is 0 Å². The van der Waals surface area contributed by atoms with E-state index in [2.05, 4.69) is 21.2 Å². The predicted octanol–water partition coefficient (Wildman–Crippen LogP) is 4.08. The summed E-state index contributed by atoms with van der Waals surface area (Å²) in [5.74, 6) is -0.0918. The fourth-order valence-corrected chi connectivity index (χ4v) is 2.66. The molecule has 0 heterocycles. The molecule has 0 aliphatic rings. The summed E-state index contributed by atoms with van der Waals surface area (Å²) in [6.45, 7) is 3.45. The third-order valence-corrected chi connectivity index (χ3v) is 4.07. The molecule has 0 saturated carbocycles. The van der Waals surface area contributed by atoms with Crippen molar-refractivity contribution in [2.24, 2.45) is 0 Å². The Morgan fingerprint density at radius 3 is 2.60 bits per heavy atom. The van der Waals surface area contributed by atoms with Gasteiger partial charge in [0.2, 0.25) is 0 Å². The third kappa shape index (κ3) is 4.69. The molecule has 7 nitrogen and oxygen atoms in total. The van der Waals surface area contributed by atoms with Crippen LogP contribution >= 0.6 is 15.9 Å². The number of nitro benzene ring substituents is 1. The zero-order valence-corrected chi connectivity index (χ0v) is 15.5. The van der Waals surface area contributed by atoms with E-state index in [1.54, 1.807) is 6.07 Å². The first-order valence-electron chi connectivity index (χ1n) is 7.38. The summed E-state index contributed by atoms with van der Waals surface area (Å²) in [5, 5.41) is 13.9. The van der Waals surface area contributed by atoms with Crippen LogP contribution in [0.4, 0.5) is 11.4 Å². The number of hydrogen-bond acceptors (Lipinski definition) is 5. The minimum atomic E-state index is -0.930. The largest absolute Gasteiger partial charge is 0.496 e. The van der Waals surface area contributed by atoms with E-state index < -0.39 is 16.9 Å². The summed E-state index contributed by atoms with van der Waals surface area (Å²) in [6, 6.07) is 9.68. The average molecular weight is 409 g/mol. The van der Waals surface area contributed by atoms with E-state index in [1.807, 2.05) is 19.1 Å². The molecular weight excluding hydrogens is 392 g/mol. The van der Waals surface area contributed by atoms with Crippen LogP contribution in [-0.4, -0.2) is 24.0 Å². The molecule has 0 radical (unpaired) electrons. The van der Waals surface area contributed by atoms with Gasteiger partial charge in [0.05, 0.1) is 23.8 Å². The second kappa shape index (κ2) is 7.98. The Morgan fingerprint density at radius 2 is 2.00 bits per heavy atom. The summed E-state index contributed by atoms with van der Waals surface area (Å²) in [5.41, 5.74) is 1.37. The molecule has 2 rings (SSSR count). The number of nitrogens with zero attached hydrogens (tertiary/aromatic N) is 1. The molecule has 0 aromatic heterocycles.